The number of phenolic OH excluding ortho intramolecular Hbond substituents is 2. The van der Waals surface area contributed by atoms with Crippen LogP contribution in [0.3, 0.4) is 0 Å². The molecule has 0 heterocycles. The zero-order valence-corrected chi connectivity index (χ0v) is 35.2. The largest absolute Gasteiger partial charge is 0.744 e. The highest BCUT2D eigenvalue weighted by molar-refractivity contribution is 14.1. The Hall–Kier alpha value is -0.820. The van der Waals surface area contributed by atoms with E-state index in [9.17, 15) is 37.6 Å². The monoisotopic (exact) mass is 1300 g/mol. The summed E-state index contributed by atoms with van der Waals surface area (Å²) in [7, 11) is -4.80. The van der Waals surface area contributed by atoms with E-state index in [1.165, 1.54) is 24.3 Å². The van der Waals surface area contributed by atoms with Crippen LogP contribution in [0.15, 0.2) is 59.5 Å². The van der Waals surface area contributed by atoms with Gasteiger partial charge in [0, 0.05) is 20.3 Å². The molecular weight excluding hydrogens is 1290 g/mol. The van der Waals surface area contributed by atoms with E-state index < -0.39 is 32.9 Å². The summed E-state index contributed by atoms with van der Waals surface area (Å²) < 4.78 is 53.3. The quantitative estimate of drug-likeness (QED) is 0.0823. The lowest BCUT2D eigenvalue weighted by Crippen LogP contribution is -2.14. The van der Waals surface area contributed by atoms with Gasteiger partial charge in [0.2, 0.25) is 0 Å². The summed E-state index contributed by atoms with van der Waals surface area (Å²) in [5.41, 5.74) is -0.570. The summed E-state index contributed by atoms with van der Waals surface area (Å²) in [5.74, 6) is -4.23. The van der Waals surface area contributed by atoms with E-state index in [1.807, 2.05) is 90.4 Å². The molecule has 18 heteroatoms. The van der Waals surface area contributed by atoms with Gasteiger partial charge in [0.15, 0.2) is 0 Å². The van der Waals surface area contributed by atoms with E-state index in [-0.39, 0.29) is 52.6 Å². The van der Waals surface area contributed by atoms with Crippen LogP contribution in [-0.2, 0) is 10.1 Å². The van der Waals surface area contributed by atoms with Crippen LogP contribution in [0.25, 0.3) is 0 Å². The molecule has 4 aromatic carbocycles. The average Bonchev–Trinajstić information content (AvgIpc) is 2.91. The highest BCUT2D eigenvalue weighted by Crippen LogP contribution is 2.33. The van der Waals surface area contributed by atoms with E-state index in [1.54, 1.807) is 57.3 Å². The Labute approximate surface area is 336 Å². The second kappa shape index (κ2) is 15.2. The number of ether oxygens (including phenoxy) is 3. The second-order valence-electron chi connectivity index (χ2n) is 8.60. The molecular formula is C27H11I6O11S-. The van der Waals surface area contributed by atoms with E-state index in [4.69, 9.17) is 14.2 Å². The number of hydrogen-bond acceptors (Lipinski definition) is 11. The van der Waals surface area contributed by atoms with Gasteiger partial charge in [-0.1, -0.05) is 0 Å². The van der Waals surface area contributed by atoms with Crippen molar-refractivity contribution in [2.45, 2.75) is 4.90 Å². The number of hydrogen-bond donors (Lipinski definition) is 2. The van der Waals surface area contributed by atoms with E-state index in [0.717, 1.165) is 18.2 Å². The number of benzene rings is 4. The van der Waals surface area contributed by atoms with Crippen molar-refractivity contribution >= 4 is 164 Å². The van der Waals surface area contributed by atoms with Crippen LogP contribution in [0.1, 0.15) is 31.1 Å². The number of carbonyl (C=O) groups is 3. The SMILES string of the molecule is O=C(Oc1cc(I)c(S(=O)(=O)[O-])c(I)c1)c1cc(OC(=O)c2cc(I)cc(I)c2O)cc(OC(=O)c2cc(I)cc(I)c2O)c1. The number of phenols is 2. The minimum Gasteiger partial charge on any atom is -0.744 e. The highest BCUT2D eigenvalue weighted by Gasteiger charge is 2.23. The number of carbonyl (C=O) groups excluding carboxylic acids is 3. The van der Waals surface area contributed by atoms with Crippen LogP contribution in [-0.4, -0.2) is 41.1 Å². The zero-order valence-electron chi connectivity index (χ0n) is 21.4. The Bertz CT molecular complexity index is 1900. The summed E-state index contributed by atoms with van der Waals surface area (Å²) in [5, 5.41) is 20.8. The number of aromatic hydroxyl groups is 2. The highest BCUT2D eigenvalue weighted by atomic mass is 127. The van der Waals surface area contributed by atoms with Gasteiger partial charge in [-0.05, 0) is 184 Å². The topological polar surface area (TPSA) is 177 Å². The molecule has 0 aliphatic carbocycles. The van der Waals surface area contributed by atoms with E-state index in [0.29, 0.717) is 14.3 Å². The maximum Gasteiger partial charge on any atom is 0.347 e. The lowest BCUT2D eigenvalue weighted by molar-refractivity contribution is 0.0703. The molecule has 45 heavy (non-hydrogen) atoms. The summed E-state index contributed by atoms with van der Waals surface area (Å²) in [6.45, 7) is 0. The van der Waals surface area contributed by atoms with Gasteiger partial charge in [0.1, 0.15) is 50.0 Å². The number of halogens is 6. The van der Waals surface area contributed by atoms with Gasteiger partial charge in [-0.3, -0.25) is 0 Å². The van der Waals surface area contributed by atoms with Gasteiger partial charge < -0.3 is 29.0 Å². The molecule has 11 nitrogen and oxygen atoms in total. The van der Waals surface area contributed by atoms with E-state index in [2.05, 4.69) is 0 Å². The molecule has 0 unspecified atom stereocenters. The van der Waals surface area contributed by atoms with Crippen molar-refractivity contribution in [2.75, 3.05) is 0 Å². The molecule has 234 valence electrons. The first-order valence-corrected chi connectivity index (χ1v) is 19.4. The van der Waals surface area contributed by atoms with Gasteiger partial charge in [-0.25, -0.2) is 22.8 Å². The molecule has 0 amide bonds. The van der Waals surface area contributed by atoms with Crippen molar-refractivity contribution < 1.29 is 51.8 Å². The predicted octanol–water partition coefficient (Wildman–Crippen LogP) is 7.29. The molecule has 0 spiro atoms. The fourth-order valence-corrected chi connectivity index (χ4v) is 11.2. The molecule has 0 aliphatic rings. The van der Waals surface area contributed by atoms with Crippen molar-refractivity contribution in [3.05, 3.63) is 92.7 Å². The summed E-state index contributed by atoms with van der Waals surface area (Å²) >= 11 is 10.9. The lowest BCUT2D eigenvalue weighted by atomic mass is 10.1. The average molecular weight is 1300 g/mol. The minimum absolute atomic E-state index is 0.0217. The Balaban J connectivity index is 1.73. The first kappa shape index (κ1) is 37.0. The van der Waals surface area contributed by atoms with Crippen LogP contribution in [0.5, 0.6) is 28.7 Å². The molecule has 0 fully saturated rings. The van der Waals surface area contributed by atoms with Crippen LogP contribution in [0.2, 0.25) is 0 Å². The van der Waals surface area contributed by atoms with Gasteiger partial charge in [0.05, 0.1) is 17.6 Å². The maximum atomic E-state index is 13.2. The third kappa shape index (κ3) is 9.21. The Kier molecular flexibility index (Phi) is 12.5. The third-order valence-electron chi connectivity index (χ3n) is 5.47. The minimum atomic E-state index is -4.80. The fraction of sp³-hybridized carbons (Fsp3) is 0. The van der Waals surface area contributed by atoms with Crippen molar-refractivity contribution in [3.8, 4) is 28.7 Å². The van der Waals surface area contributed by atoms with Gasteiger partial charge in [-0.15, -0.1) is 0 Å². The standard InChI is InChI=1S/C27H12I6O11S/c28-11-3-16(22(34)18(30)5-11)26(37)43-13-1-10(25(36)42-15-8-20(32)24(21(33)9-15)45(39,40)41)2-14(7-13)44-27(38)17-4-12(29)6-19(31)23(17)35/h1-9,34-35H,(H,39,40,41)/p-1. The molecule has 4 rings (SSSR count). The second-order valence-corrected chi connectivity index (χ2v) is 17.1. The van der Waals surface area contributed by atoms with Crippen LogP contribution in [0.4, 0.5) is 0 Å². The molecule has 4 aromatic rings. The number of esters is 3. The Morgan fingerprint density at radius 3 is 1.33 bits per heavy atom. The Morgan fingerprint density at radius 1 is 0.556 bits per heavy atom. The summed E-state index contributed by atoms with van der Waals surface area (Å²) in [6, 6.07) is 11.9. The number of rotatable bonds is 7. The van der Waals surface area contributed by atoms with Gasteiger partial charge in [-0.2, -0.15) is 0 Å². The molecule has 0 aromatic heterocycles. The smallest absolute Gasteiger partial charge is 0.347 e. The molecule has 0 bridgehead atoms. The normalized spacial score (nSPS) is 11.2. The lowest BCUT2D eigenvalue weighted by Gasteiger charge is -2.14. The first-order valence-electron chi connectivity index (χ1n) is 11.6. The predicted molar refractivity (Wildman–Crippen MR) is 208 cm³/mol. The summed E-state index contributed by atoms with van der Waals surface area (Å²) in [4.78, 5) is 38.9. The van der Waals surface area contributed by atoms with Crippen LogP contribution >= 0.6 is 136 Å². The van der Waals surface area contributed by atoms with Gasteiger partial charge in [0.25, 0.3) is 0 Å². The third-order valence-corrected chi connectivity index (χ3v) is 11.7. The van der Waals surface area contributed by atoms with E-state index >= 15 is 0 Å². The van der Waals surface area contributed by atoms with Crippen molar-refractivity contribution in [1.29, 1.82) is 0 Å². The molecule has 0 saturated heterocycles. The Morgan fingerprint density at radius 2 is 0.933 bits per heavy atom. The van der Waals surface area contributed by atoms with Crippen LogP contribution < -0.4 is 14.2 Å². The van der Waals surface area contributed by atoms with Crippen molar-refractivity contribution in [3.63, 3.8) is 0 Å². The molecule has 0 aliphatic heterocycles. The van der Waals surface area contributed by atoms with Gasteiger partial charge >= 0.3 is 17.9 Å². The molecule has 2 N–H and O–H groups in total. The molecule has 0 saturated carbocycles. The zero-order chi connectivity index (χ0) is 33.4. The fourth-order valence-electron chi connectivity index (χ4n) is 3.57. The first-order chi connectivity index (χ1) is 20.9. The maximum absolute atomic E-state index is 13.2. The van der Waals surface area contributed by atoms with Crippen molar-refractivity contribution in [1.82, 2.24) is 0 Å². The molecule has 0 atom stereocenters. The van der Waals surface area contributed by atoms with Crippen molar-refractivity contribution in [2.24, 2.45) is 0 Å². The summed E-state index contributed by atoms with van der Waals surface area (Å²) in [6.07, 6.45) is 0. The van der Waals surface area contributed by atoms with Crippen LogP contribution in [0, 0.1) is 21.4 Å². The molecule has 0 radical (unpaired) electrons.